The maximum atomic E-state index is 12.8. The summed E-state index contributed by atoms with van der Waals surface area (Å²) in [6, 6.07) is 23.1. The van der Waals surface area contributed by atoms with E-state index in [2.05, 4.69) is 14.8 Å². The number of benzene rings is 4. The second-order valence-corrected chi connectivity index (χ2v) is 12.3. The number of hydrogen-bond acceptors (Lipinski definition) is 5. The molecule has 11 heteroatoms. The fourth-order valence-corrected chi connectivity index (χ4v) is 5.90. The predicted octanol–water partition coefficient (Wildman–Crippen LogP) is 5.81. The third-order valence-corrected chi connectivity index (χ3v) is 8.58. The summed E-state index contributed by atoms with van der Waals surface area (Å²) in [7, 11) is -7.64. The number of carbonyl (C=O) groups is 1. The molecule has 0 aliphatic rings. The van der Waals surface area contributed by atoms with E-state index < -0.39 is 26.0 Å². The van der Waals surface area contributed by atoms with Crippen molar-refractivity contribution in [3.05, 3.63) is 113 Å². The molecule has 0 aromatic heterocycles. The average Bonchev–Trinajstić information content (AvgIpc) is 2.85. The fraction of sp³-hybridized carbons (Fsp3) is 0.0741. The number of carbonyl (C=O) groups excluding carboxylic acids is 1. The zero-order valence-electron chi connectivity index (χ0n) is 20.4. The number of halogens is 1. The van der Waals surface area contributed by atoms with Gasteiger partial charge in [-0.3, -0.25) is 14.2 Å². The molecule has 8 nitrogen and oxygen atoms in total. The molecule has 196 valence electrons. The van der Waals surface area contributed by atoms with E-state index in [-0.39, 0.29) is 9.79 Å². The van der Waals surface area contributed by atoms with Gasteiger partial charge in [0.15, 0.2) is 0 Å². The van der Waals surface area contributed by atoms with Crippen molar-refractivity contribution in [2.45, 2.75) is 23.6 Å². The molecule has 0 spiro atoms. The molecule has 1 amide bonds. The Morgan fingerprint density at radius 2 is 1.29 bits per heavy atom. The van der Waals surface area contributed by atoms with Crippen molar-refractivity contribution in [3.63, 3.8) is 0 Å². The molecule has 0 aliphatic carbocycles. The second kappa shape index (κ2) is 10.9. The smallest absolute Gasteiger partial charge is 0.261 e. The van der Waals surface area contributed by atoms with Gasteiger partial charge in [-0.15, -0.1) is 0 Å². The van der Waals surface area contributed by atoms with Crippen LogP contribution in [0.15, 0.2) is 101 Å². The van der Waals surface area contributed by atoms with E-state index in [4.69, 9.17) is 11.6 Å². The third kappa shape index (κ3) is 6.52. The molecule has 0 aliphatic heterocycles. The van der Waals surface area contributed by atoms with Crippen LogP contribution in [0, 0.1) is 13.8 Å². The number of sulfonamides is 2. The van der Waals surface area contributed by atoms with Crippen LogP contribution in [0.2, 0.25) is 5.02 Å². The first-order chi connectivity index (χ1) is 17.9. The largest absolute Gasteiger partial charge is 0.322 e. The maximum Gasteiger partial charge on any atom is 0.261 e. The normalized spacial score (nSPS) is 11.6. The minimum Gasteiger partial charge on any atom is -0.322 e. The lowest BCUT2D eigenvalue weighted by Crippen LogP contribution is -2.16. The molecule has 0 fully saturated rings. The summed E-state index contributed by atoms with van der Waals surface area (Å²) < 4.78 is 55.7. The molecule has 4 aromatic rings. The van der Waals surface area contributed by atoms with Crippen LogP contribution >= 0.6 is 11.6 Å². The highest BCUT2D eigenvalue weighted by Gasteiger charge is 2.17. The van der Waals surface area contributed by atoms with Gasteiger partial charge in [-0.1, -0.05) is 35.4 Å². The van der Waals surface area contributed by atoms with Crippen LogP contribution in [0.3, 0.4) is 0 Å². The van der Waals surface area contributed by atoms with Crippen LogP contribution in [-0.2, 0) is 20.0 Å². The Balaban J connectivity index is 1.43. The maximum absolute atomic E-state index is 12.8. The average molecular weight is 570 g/mol. The summed E-state index contributed by atoms with van der Waals surface area (Å²) in [6.07, 6.45) is 0. The quantitative estimate of drug-likeness (QED) is 0.247. The molecule has 0 atom stereocenters. The van der Waals surface area contributed by atoms with Crippen LogP contribution in [0.25, 0.3) is 0 Å². The van der Waals surface area contributed by atoms with E-state index in [1.54, 1.807) is 43.3 Å². The van der Waals surface area contributed by atoms with Crippen LogP contribution in [-0.4, -0.2) is 22.7 Å². The molecule has 0 heterocycles. The molecule has 0 bridgehead atoms. The second-order valence-electron chi connectivity index (χ2n) is 8.54. The summed E-state index contributed by atoms with van der Waals surface area (Å²) in [5.41, 5.74) is 2.88. The Hall–Kier alpha value is -3.86. The standard InChI is InChI=1S/C27H24ClN3O5S2/c1-18-6-11-24(12-7-18)38(35,36)31-26-15-8-20(16-19(26)2)27(32)29-22-9-13-25(14-10-22)37(33,34)30-23-5-3-4-21(28)17-23/h3-17,30-31H,1-2H3,(H,29,32). The van der Waals surface area contributed by atoms with Gasteiger partial charge in [0.1, 0.15) is 0 Å². The monoisotopic (exact) mass is 569 g/mol. The van der Waals surface area contributed by atoms with Gasteiger partial charge < -0.3 is 5.32 Å². The van der Waals surface area contributed by atoms with E-state index in [1.165, 1.54) is 54.6 Å². The zero-order chi connectivity index (χ0) is 27.5. The van der Waals surface area contributed by atoms with Crippen LogP contribution < -0.4 is 14.8 Å². The van der Waals surface area contributed by atoms with Crippen molar-refractivity contribution in [1.82, 2.24) is 0 Å². The minimum absolute atomic E-state index is 0.0107. The Kier molecular flexibility index (Phi) is 7.77. The van der Waals surface area contributed by atoms with Crippen molar-refractivity contribution in [2.24, 2.45) is 0 Å². The molecule has 3 N–H and O–H groups in total. The topological polar surface area (TPSA) is 121 Å². The van der Waals surface area contributed by atoms with Gasteiger partial charge in [0.05, 0.1) is 21.2 Å². The highest BCUT2D eigenvalue weighted by atomic mass is 35.5. The minimum atomic E-state index is -3.85. The number of amides is 1. The number of anilines is 3. The third-order valence-electron chi connectivity index (χ3n) is 5.56. The van der Waals surface area contributed by atoms with E-state index in [0.717, 1.165) is 5.56 Å². The van der Waals surface area contributed by atoms with E-state index >= 15 is 0 Å². The molecule has 0 unspecified atom stereocenters. The molecule has 4 rings (SSSR count). The summed E-state index contributed by atoms with van der Waals surface area (Å²) in [4.78, 5) is 12.9. The van der Waals surface area contributed by atoms with Crippen molar-refractivity contribution < 1.29 is 21.6 Å². The van der Waals surface area contributed by atoms with Crippen molar-refractivity contribution >= 4 is 54.6 Å². The predicted molar refractivity (Wildman–Crippen MR) is 150 cm³/mol. The van der Waals surface area contributed by atoms with Gasteiger partial charge in [-0.2, -0.15) is 0 Å². The molecule has 0 radical (unpaired) electrons. The number of hydrogen-bond donors (Lipinski definition) is 3. The summed E-state index contributed by atoms with van der Waals surface area (Å²) in [5.74, 6) is -0.436. The lowest BCUT2D eigenvalue weighted by molar-refractivity contribution is 0.102. The molecule has 0 saturated heterocycles. The Bertz CT molecular complexity index is 1700. The number of aryl methyl sites for hydroxylation is 2. The van der Waals surface area contributed by atoms with Gasteiger partial charge >= 0.3 is 0 Å². The van der Waals surface area contributed by atoms with E-state index in [1.807, 2.05) is 6.92 Å². The summed E-state index contributed by atoms with van der Waals surface area (Å²) in [5, 5.41) is 3.11. The molecule has 0 saturated carbocycles. The SMILES string of the molecule is Cc1ccc(S(=O)(=O)Nc2ccc(C(=O)Nc3ccc(S(=O)(=O)Nc4cccc(Cl)c4)cc3)cc2C)cc1. The molecular weight excluding hydrogens is 546 g/mol. The zero-order valence-corrected chi connectivity index (χ0v) is 22.8. The van der Waals surface area contributed by atoms with Gasteiger partial charge in [0.25, 0.3) is 26.0 Å². The first-order valence-electron chi connectivity index (χ1n) is 11.3. The fourth-order valence-electron chi connectivity index (χ4n) is 3.53. The lowest BCUT2D eigenvalue weighted by Gasteiger charge is -2.13. The van der Waals surface area contributed by atoms with E-state index in [9.17, 15) is 21.6 Å². The highest BCUT2D eigenvalue weighted by molar-refractivity contribution is 7.93. The molecule has 38 heavy (non-hydrogen) atoms. The molecule has 4 aromatic carbocycles. The van der Waals surface area contributed by atoms with Crippen molar-refractivity contribution in [2.75, 3.05) is 14.8 Å². The summed E-state index contributed by atoms with van der Waals surface area (Å²) in [6.45, 7) is 3.56. The Labute approximate surface area is 226 Å². The van der Waals surface area contributed by atoms with Gasteiger partial charge in [-0.25, -0.2) is 16.8 Å². The number of nitrogens with one attached hydrogen (secondary N) is 3. The van der Waals surface area contributed by atoms with Gasteiger partial charge in [0, 0.05) is 16.3 Å². The Morgan fingerprint density at radius 1 is 0.684 bits per heavy atom. The van der Waals surface area contributed by atoms with Gasteiger partial charge in [0.2, 0.25) is 0 Å². The number of rotatable bonds is 8. The van der Waals surface area contributed by atoms with Gasteiger partial charge in [-0.05, 0) is 92.2 Å². The Morgan fingerprint density at radius 3 is 1.89 bits per heavy atom. The van der Waals surface area contributed by atoms with Crippen molar-refractivity contribution in [3.8, 4) is 0 Å². The van der Waals surface area contributed by atoms with E-state index in [0.29, 0.717) is 33.2 Å². The lowest BCUT2D eigenvalue weighted by atomic mass is 10.1. The van der Waals surface area contributed by atoms with Crippen LogP contribution in [0.4, 0.5) is 17.1 Å². The summed E-state index contributed by atoms with van der Waals surface area (Å²) >= 11 is 5.91. The first kappa shape index (κ1) is 27.2. The van der Waals surface area contributed by atoms with Crippen molar-refractivity contribution in [1.29, 1.82) is 0 Å². The first-order valence-corrected chi connectivity index (χ1v) is 14.7. The highest BCUT2D eigenvalue weighted by Crippen LogP contribution is 2.23. The van der Waals surface area contributed by atoms with Crippen LogP contribution in [0.5, 0.6) is 0 Å². The molecular formula is C27H24ClN3O5S2. The van der Waals surface area contributed by atoms with Crippen LogP contribution in [0.1, 0.15) is 21.5 Å².